The van der Waals surface area contributed by atoms with Crippen LogP contribution >= 0.6 is 15.9 Å². The number of hydrogen-bond donors (Lipinski definition) is 1. The van der Waals surface area contributed by atoms with Gasteiger partial charge >= 0.3 is 0 Å². The van der Waals surface area contributed by atoms with E-state index in [4.69, 9.17) is 9.15 Å². The van der Waals surface area contributed by atoms with Crippen molar-refractivity contribution in [2.24, 2.45) is 0 Å². The minimum atomic E-state index is 0.640. The lowest BCUT2D eigenvalue weighted by atomic mass is 10.1. The molecule has 0 fully saturated rings. The number of hydrogen-bond acceptors (Lipinski definition) is 3. The largest absolute Gasteiger partial charge is 0.492 e. The SMILES string of the molecule is Cc1cc(OCCNCc2ccco2)cc(C)c1Br. The molecule has 0 aliphatic heterocycles. The lowest BCUT2D eigenvalue weighted by molar-refractivity contribution is 0.310. The zero-order valence-corrected chi connectivity index (χ0v) is 12.8. The molecule has 0 saturated heterocycles. The summed E-state index contributed by atoms with van der Waals surface area (Å²) in [5.41, 5.74) is 2.39. The first-order chi connectivity index (χ1) is 9.16. The number of rotatable bonds is 6. The van der Waals surface area contributed by atoms with Gasteiger partial charge in [0.1, 0.15) is 18.1 Å². The van der Waals surface area contributed by atoms with Crippen molar-refractivity contribution in [1.82, 2.24) is 5.32 Å². The fourth-order valence-corrected chi connectivity index (χ4v) is 2.08. The Bertz CT molecular complexity index is 500. The lowest BCUT2D eigenvalue weighted by Gasteiger charge is -2.10. The van der Waals surface area contributed by atoms with Gasteiger partial charge in [0.05, 0.1) is 12.8 Å². The zero-order valence-electron chi connectivity index (χ0n) is 11.2. The maximum Gasteiger partial charge on any atom is 0.119 e. The van der Waals surface area contributed by atoms with Crippen LogP contribution in [0.3, 0.4) is 0 Å². The van der Waals surface area contributed by atoms with E-state index in [0.29, 0.717) is 6.61 Å². The van der Waals surface area contributed by atoms with Gasteiger partial charge in [-0.05, 0) is 49.2 Å². The molecule has 0 bridgehead atoms. The van der Waals surface area contributed by atoms with Crippen LogP contribution in [-0.2, 0) is 6.54 Å². The highest BCUT2D eigenvalue weighted by molar-refractivity contribution is 9.10. The minimum Gasteiger partial charge on any atom is -0.492 e. The molecule has 2 rings (SSSR count). The van der Waals surface area contributed by atoms with Crippen molar-refractivity contribution < 1.29 is 9.15 Å². The third-order valence-electron chi connectivity index (χ3n) is 2.84. The second kappa shape index (κ2) is 6.78. The molecular formula is C15H18BrNO2. The average molecular weight is 324 g/mol. The maximum atomic E-state index is 5.73. The summed E-state index contributed by atoms with van der Waals surface area (Å²) in [5.74, 6) is 1.85. The Morgan fingerprint density at radius 1 is 1.26 bits per heavy atom. The molecule has 0 aliphatic rings. The van der Waals surface area contributed by atoms with Gasteiger partial charge in [-0.2, -0.15) is 0 Å². The molecule has 0 amide bonds. The Labute approximate surface area is 122 Å². The van der Waals surface area contributed by atoms with Crippen molar-refractivity contribution in [3.05, 3.63) is 51.9 Å². The Balaban J connectivity index is 1.74. The number of ether oxygens (including phenoxy) is 1. The summed E-state index contributed by atoms with van der Waals surface area (Å²) in [4.78, 5) is 0. The first-order valence-corrected chi connectivity index (χ1v) is 7.09. The fourth-order valence-electron chi connectivity index (χ4n) is 1.86. The van der Waals surface area contributed by atoms with Crippen LogP contribution in [0.25, 0.3) is 0 Å². The molecule has 19 heavy (non-hydrogen) atoms. The summed E-state index contributed by atoms with van der Waals surface area (Å²) in [7, 11) is 0. The van der Waals surface area contributed by atoms with E-state index >= 15 is 0 Å². The second-order valence-corrected chi connectivity index (χ2v) is 5.27. The van der Waals surface area contributed by atoms with Crippen LogP contribution in [0.15, 0.2) is 39.4 Å². The highest BCUT2D eigenvalue weighted by Crippen LogP contribution is 2.26. The van der Waals surface area contributed by atoms with Crippen molar-refractivity contribution in [2.45, 2.75) is 20.4 Å². The molecular weight excluding hydrogens is 306 g/mol. The van der Waals surface area contributed by atoms with Gasteiger partial charge in [0, 0.05) is 11.0 Å². The van der Waals surface area contributed by atoms with E-state index in [1.54, 1.807) is 6.26 Å². The number of aryl methyl sites for hydroxylation is 2. The van der Waals surface area contributed by atoms with E-state index in [9.17, 15) is 0 Å². The van der Waals surface area contributed by atoms with Gasteiger partial charge in [0.2, 0.25) is 0 Å². The predicted octanol–water partition coefficient (Wildman–Crippen LogP) is 3.83. The first-order valence-electron chi connectivity index (χ1n) is 6.29. The van der Waals surface area contributed by atoms with Gasteiger partial charge in [0.25, 0.3) is 0 Å². The van der Waals surface area contributed by atoms with Crippen LogP contribution in [0.5, 0.6) is 5.75 Å². The van der Waals surface area contributed by atoms with Gasteiger partial charge in [0.15, 0.2) is 0 Å². The highest BCUT2D eigenvalue weighted by Gasteiger charge is 2.03. The first kappa shape index (κ1) is 14.2. The van der Waals surface area contributed by atoms with Crippen LogP contribution in [0.2, 0.25) is 0 Å². The molecule has 102 valence electrons. The number of furan rings is 1. The third kappa shape index (κ3) is 4.11. The molecule has 0 unspecified atom stereocenters. The van der Waals surface area contributed by atoms with Crippen molar-refractivity contribution in [1.29, 1.82) is 0 Å². The Morgan fingerprint density at radius 2 is 2.00 bits per heavy atom. The van der Waals surface area contributed by atoms with E-state index in [0.717, 1.165) is 29.1 Å². The molecule has 0 atom stereocenters. The van der Waals surface area contributed by atoms with Crippen LogP contribution < -0.4 is 10.1 Å². The Kier molecular flexibility index (Phi) is 5.05. The quantitative estimate of drug-likeness (QED) is 0.820. The van der Waals surface area contributed by atoms with Crippen molar-refractivity contribution >= 4 is 15.9 Å². The summed E-state index contributed by atoms with van der Waals surface area (Å²) in [6.07, 6.45) is 1.68. The van der Waals surface area contributed by atoms with Crippen LogP contribution in [0.4, 0.5) is 0 Å². The van der Waals surface area contributed by atoms with Crippen LogP contribution in [0.1, 0.15) is 16.9 Å². The Hall–Kier alpha value is -1.26. The van der Waals surface area contributed by atoms with E-state index in [-0.39, 0.29) is 0 Å². The summed E-state index contributed by atoms with van der Waals surface area (Å²) >= 11 is 3.55. The fraction of sp³-hybridized carbons (Fsp3) is 0.333. The molecule has 4 heteroatoms. The summed E-state index contributed by atoms with van der Waals surface area (Å²) in [5, 5.41) is 3.27. The van der Waals surface area contributed by atoms with Gasteiger partial charge < -0.3 is 14.5 Å². The summed E-state index contributed by atoms with van der Waals surface area (Å²) in [6.45, 7) is 6.29. The van der Waals surface area contributed by atoms with Crippen molar-refractivity contribution in [2.75, 3.05) is 13.2 Å². The van der Waals surface area contributed by atoms with Crippen LogP contribution in [0, 0.1) is 13.8 Å². The summed E-state index contributed by atoms with van der Waals surface area (Å²) in [6, 6.07) is 7.93. The highest BCUT2D eigenvalue weighted by atomic mass is 79.9. The molecule has 0 aliphatic carbocycles. The summed E-state index contributed by atoms with van der Waals surface area (Å²) < 4.78 is 12.1. The van der Waals surface area contributed by atoms with Gasteiger partial charge in [-0.25, -0.2) is 0 Å². The minimum absolute atomic E-state index is 0.640. The molecule has 1 N–H and O–H groups in total. The molecule has 1 aromatic carbocycles. The maximum absolute atomic E-state index is 5.73. The van der Waals surface area contributed by atoms with Gasteiger partial charge in [-0.15, -0.1) is 0 Å². The lowest BCUT2D eigenvalue weighted by Crippen LogP contribution is -2.20. The smallest absolute Gasteiger partial charge is 0.119 e. The topological polar surface area (TPSA) is 34.4 Å². The average Bonchev–Trinajstić information content (AvgIpc) is 2.88. The van der Waals surface area contributed by atoms with Gasteiger partial charge in [-0.1, -0.05) is 15.9 Å². The van der Waals surface area contributed by atoms with E-state index in [1.807, 2.05) is 24.3 Å². The molecule has 0 spiro atoms. The molecule has 2 aromatic rings. The van der Waals surface area contributed by atoms with Crippen LogP contribution in [-0.4, -0.2) is 13.2 Å². The van der Waals surface area contributed by atoms with E-state index in [2.05, 4.69) is 35.1 Å². The molecule has 0 saturated carbocycles. The number of nitrogens with one attached hydrogen (secondary N) is 1. The standard InChI is InChI=1S/C15H18BrNO2/c1-11-8-14(9-12(2)15(11)16)19-7-5-17-10-13-4-3-6-18-13/h3-4,6,8-9,17H,5,7,10H2,1-2H3. The molecule has 0 radical (unpaired) electrons. The van der Waals surface area contributed by atoms with E-state index in [1.165, 1.54) is 11.1 Å². The zero-order chi connectivity index (χ0) is 13.7. The monoisotopic (exact) mass is 323 g/mol. The molecule has 1 aromatic heterocycles. The second-order valence-electron chi connectivity index (χ2n) is 4.48. The number of benzene rings is 1. The van der Waals surface area contributed by atoms with Crippen molar-refractivity contribution in [3.8, 4) is 5.75 Å². The molecule has 1 heterocycles. The van der Waals surface area contributed by atoms with Crippen molar-refractivity contribution in [3.63, 3.8) is 0 Å². The normalized spacial score (nSPS) is 10.7. The predicted molar refractivity (Wildman–Crippen MR) is 79.5 cm³/mol. The van der Waals surface area contributed by atoms with E-state index < -0.39 is 0 Å². The Morgan fingerprint density at radius 3 is 2.63 bits per heavy atom. The number of halogens is 1. The van der Waals surface area contributed by atoms with Gasteiger partial charge in [-0.3, -0.25) is 0 Å². The third-order valence-corrected chi connectivity index (χ3v) is 4.09. The molecule has 3 nitrogen and oxygen atoms in total.